The number of hydrogen-bond donors (Lipinski definition) is 0. The van der Waals surface area contributed by atoms with E-state index in [1.807, 2.05) is 12.2 Å². The molecule has 4 heteroatoms. The van der Waals surface area contributed by atoms with Crippen molar-refractivity contribution >= 4 is 5.97 Å². The van der Waals surface area contributed by atoms with Crippen LogP contribution in [0.2, 0.25) is 0 Å². The lowest BCUT2D eigenvalue weighted by Gasteiger charge is -2.26. The molecule has 0 bridgehead atoms. The first-order valence-corrected chi connectivity index (χ1v) is 9.46. The maximum atomic E-state index is 12.7. The van der Waals surface area contributed by atoms with E-state index in [2.05, 4.69) is 38.0 Å². The van der Waals surface area contributed by atoms with E-state index >= 15 is 0 Å². The Hall–Kier alpha value is -1.39. The molecule has 0 saturated carbocycles. The van der Waals surface area contributed by atoms with Crippen molar-refractivity contribution in [1.82, 2.24) is 4.90 Å². The number of carbonyl (C=O) groups excluding carboxylic acids is 1. The molecule has 2 saturated heterocycles. The van der Waals surface area contributed by atoms with Crippen LogP contribution >= 0.6 is 0 Å². The number of carbonyl (C=O) groups is 1. The molecule has 0 aromatic carbocycles. The van der Waals surface area contributed by atoms with Crippen LogP contribution in [0.1, 0.15) is 39.5 Å². The Labute approximate surface area is 151 Å². The normalized spacial score (nSPS) is 39.6. The van der Waals surface area contributed by atoms with Gasteiger partial charge in [-0.15, -0.1) is 13.2 Å². The molecule has 4 nitrogen and oxygen atoms in total. The van der Waals surface area contributed by atoms with Crippen LogP contribution in [0.3, 0.4) is 0 Å². The van der Waals surface area contributed by atoms with Crippen molar-refractivity contribution in [3.8, 4) is 0 Å². The maximum absolute atomic E-state index is 12.7. The van der Waals surface area contributed by atoms with Gasteiger partial charge in [-0.1, -0.05) is 23.8 Å². The van der Waals surface area contributed by atoms with Crippen molar-refractivity contribution < 1.29 is 14.3 Å². The van der Waals surface area contributed by atoms with Crippen LogP contribution in [0, 0.1) is 11.8 Å². The average molecular weight is 345 g/mol. The number of rotatable bonds is 6. The largest absolute Gasteiger partial charge is 0.459 e. The minimum Gasteiger partial charge on any atom is -0.459 e. The van der Waals surface area contributed by atoms with E-state index in [0.29, 0.717) is 6.54 Å². The fourth-order valence-corrected chi connectivity index (χ4v) is 4.41. The van der Waals surface area contributed by atoms with E-state index in [-0.39, 0.29) is 35.6 Å². The van der Waals surface area contributed by atoms with Crippen molar-refractivity contribution in [2.75, 3.05) is 19.6 Å². The Morgan fingerprint density at radius 2 is 2.08 bits per heavy atom. The molecule has 3 unspecified atom stereocenters. The third kappa shape index (κ3) is 3.90. The van der Waals surface area contributed by atoms with Gasteiger partial charge in [0, 0.05) is 25.6 Å². The molecule has 0 aromatic rings. The molecule has 5 atom stereocenters. The second-order valence-electron chi connectivity index (χ2n) is 7.95. The van der Waals surface area contributed by atoms with Crippen LogP contribution in [-0.2, 0) is 14.3 Å². The van der Waals surface area contributed by atoms with Gasteiger partial charge in [0.25, 0.3) is 0 Å². The number of allylic oxidation sites excluding steroid dienone is 2. The second kappa shape index (κ2) is 7.46. The summed E-state index contributed by atoms with van der Waals surface area (Å²) in [5, 5.41) is 0. The average Bonchev–Trinajstić information content (AvgIpc) is 3.13. The van der Waals surface area contributed by atoms with Crippen molar-refractivity contribution in [3.63, 3.8) is 0 Å². The van der Waals surface area contributed by atoms with Gasteiger partial charge in [-0.25, -0.2) is 0 Å². The molecule has 2 heterocycles. The molecule has 3 aliphatic rings. The molecule has 2 fully saturated rings. The van der Waals surface area contributed by atoms with Crippen LogP contribution in [0.25, 0.3) is 0 Å². The van der Waals surface area contributed by atoms with Crippen LogP contribution in [0.4, 0.5) is 0 Å². The first-order chi connectivity index (χ1) is 12.0. The summed E-state index contributed by atoms with van der Waals surface area (Å²) in [6.07, 6.45) is 10.1. The van der Waals surface area contributed by atoms with Crippen LogP contribution in [0.15, 0.2) is 37.0 Å². The maximum Gasteiger partial charge on any atom is 0.311 e. The molecular weight excluding hydrogens is 314 g/mol. The first kappa shape index (κ1) is 18.4. The molecule has 138 valence electrons. The van der Waals surface area contributed by atoms with Crippen LogP contribution in [-0.4, -0.2) is 48.3 Å². The monoisotopic (exact) mass is 345 g/mol. The third-order valence-electron chi connectivity index (χ3n) is 5.97. The van der Waals surface area contributed by atoms with Crippen molar-refractivity contribution in [1.29, 1.82) is 0 Å². The summed E-state index contributed by atoms with van der Waals surface area (Å²) in [6, 6.07) is 0. The minimum atomic E-state index is -0.131. The summed E-state index contributed by atoms with van der Waals surface area (Å²) in [6.45, 7) is 14.2. The van der Waals surface area contributed by atoms with Gasteiger partial charge >= 0.3 is 5.97 Å². The smallest absolute Gasteiger partial charge is 0.311 e. The molecule has 0 amide bonds. The Morgan fingerprint density at radius 3 is 2.76 bits per heavy atom. The second-order valence-corrected chi connectivity index (χ2v) is 7.95. The van der Waals surface area contributed by atoms with E-state index in [4.69, 9.17) is 9.47 Å². The predicted octanol–water partition coefficient (Wildman–Crippen LogP) is 3.50. The van der Waals surface area contributed by atoms with E-state index in [1.54, 1.807) is 0 Å². The summed E-state index contributed by atoms with van der Waals surface area (Å²) in [4.78, 5) is 14.9. The lowest BCUT2D eigenvalue weighted by Crippen LogP contribution is -2.37. The van der Waals surface area contributed by atoms with E-state index in [9.17, 15) is 4.79 Å². The zero-order valence-electron chi connectivity index (χ0n) is 15.6. The fraction of sp³-hybridized carbons (Fsp3) is 0.667. The fourth-order valence-electron chi connectivity index (χ4n) is 4.41. The number of hydrogen-bond acceptors (Lipinski definition) is 4. The lowest BCUT2D eigenvalue weighted by atomic mass is 9.80. The first-order valence-electron chi connectivity index (χ1n) is 9.46. The standard InChI is InChI=1S/C21H31NO3/c1-5-12-22(13-6-2)14-17-16-10-9-15(3)8-7-11-21(4)19(25-21)18(16)24-20(17)23/h5-6,8,16-19H,1-2,7,9-14H2,3-4H3/b15-8+/t16?,17-,18?,19?,21+/m0/s1. The number of nitrogens with zero attached hydrogens (tertiary/aromatic N) is 1. The molecular formula is C21H31NO3. The highest BCUT2D eigenvalue weighted by Crippen LogP contribution is 2.50. The highest BCUT2D eigenvalue weighted by Gasteiger charge is 2.62. The number of fused-ring (bicyclic) bond motifs is 3. The van der Waals surface area contributed by atoms with Gasteiger partial charge in [-0.05, 0) is 39.5 Å². The SMILES string of the molecule is C=CCN(CC=C)C[C@@H]1C(=O)OC2C1CC/C(C)=C/CC[C@@]1(C)OC21. The molecule has 1 aliphatic carbocycles. The van der Waals surface area contributed by atoms with Crippen LogP contribution < -0.4 is 0 Å². The number of ether oxygens (including phenoxy) is 2. The van der Waals surface area contributed by atoms with Gasteiger partial charge in [0.05, 0.1) is 11.5 Å². The molecule has 0 N–H and O–H groups in total. The summed E-state index contributed by atoms with van der Waals surface area (Å²) >= 11 is 0. The van der Waals surface area contributed by atoms with Gasteiger partial charge in [-0.2, -0.15) is 0 Å². The Kier molecular flexibility index (Phi) is 5.49. The van der Waals surface area contributed by atoms with Crippen molar-refractivity contribution in [2.45, 2.75) is 57.3 Å². The summed E-state index contributed by atoms with van der Waals surface area (Å²) in [5.41, 5.74) is 1.28. The summed E-state index contributed by atoms with van der Waals surface area (Å²) in [7, 11) is 0. The van der Waals surface area contributed by atoms with E-state index in [1.165, 1.54) is 5.57 Å². The lowest BCUT2D eigenvalue weighted by molar-refractivity contribution is -0.145. The Balaban J connectivity index is 1.79. The quantitative estimate of drug-likeness (QED) is 0.420. The number of esters is 1. The number of epoxide rings is 1. The van der Waals surface area contributed by atoms with E-state index < -0.39 is 0 Å². The van der Waals surface area contributed by atoms with E-state index in [0.717, 1.165) is 38.8 Å². The zero-order valence-corrected chi connectivity index (χ0v) is 15.6. The topological polar surface area (TPSA) is 42.1 Å². The van der Waals surface area contributed by atoms with Crippen molar-refractivity contribution in [2.24, 2.45) is 11.8 Å². The van der Waals surface area contributed by atoms with Gasteiger partial charge < -0.3 is 9.47 Å². The van der Waals surface area contributed by atoms with Gasteiger partial charge in [0.1, 0.15) is 12.2 Å². The predicted molar refractivity (Wildman–Crippen MR) is 99.2 cm³/mol. The molecule has 2 aliphatic heterocycles. The van der Waals surface area contributed by atoms with Gasteiger partial charge in [0.15, 0.2) is 0 Å². The Morgan fingerprint density at radius 1 is 1.36 bits per heavy atom. The molecule has 25 heavy (non-hydrogen) atoms. The third-order valence-corrected chi connectivity index (χ3v) is 5.97. The minimum absolute atomic E-state index is 0.0607. The molecule has 0 aromatic heterocycles. The van der Waals surface area contributed by atoms with Gasteiger partial charge in [0.2, 0.25) is 0 Å². The molecule has 0 radical (unpaired) electrons. The summed E-state index contributed by atoms with van der Waals surface area (Å²) < 4.78 is 11.9. The molecule has 3 rings (SSSR count). The van der Waals surface area contributed by atoms with Crippen LogP contribution in [0.5, 0.6) is 0 Å². The summed E-state index contributed by atoms with van der Waals surface area (Å²) in [5.74, 6) is 0.0651. The van der Waals surface area contributed by atoms with Crippen molar-refractivity contribution in [3.05, 3.63) is 37.0 Å². The molecule has 0 spiro atoms. The highest BCUT2D eigenvalue weighted by molar-refractivity contribution is 5.75. The zero-order chi connectivity index (χ0) is 18.0. The van der Waals surface area contributed by atoms with Gasteiger partial charge in [-0.3, -0.25) is 9.69 Å². The highest BCUT2D eigenvalue weighted by atomic mass is 16.6. The Bertz CT molecular complexity index is 559.